The summed E-state index contributed by atoms with van der Waals surface area (Å²) in [5.41, 5.74) is 0. The van der Waals surface area contributed by atoms with Gasteiger partial charge in [0.2, 0.25) is 0 Å². The van der Waals surface area contributed by atoms with Gasteiger partial charge in [-0.1, -0.05) is 0 Å². The van der Waals surface area contributed by atoms with Crippen LogP contribution < -0.4 is 5.32 Å². The van der Waals surface area contributed by atoms with Crippen LogP contribution in [-0.2, 0) is 14.3 Å². The topological polar surface area (TPSA) is 88.1 Å². The van der Waals surface area contributed by atoms with Crippen molar-refractivity contribution in [1.29, 1.82) is 0 Å². The zero-order valence-electron chi connectivity index (χ0n) is 12.1. The van der Waals surface area contributed by atoms with Crippen molar-refractivity contribution in [3.8, 4) is 0 Å². The normalized spacial score (nSPS) is 21.7. The lowest BCUT2D eigenvalue weighted by molar-refractivity contribution is -0.142. The van der Waals surface area contributed by atoms with Crippen LogP contribution in [0.2, 0.25) is 0 Å². The molecule has 2 N–H and O–H groups in total. The second-order valence-corrected chi connectivity index (χ2v) is 4.95. The summed E-state index contributed by atoms with van der Waals surface area (Å²) in [6.07, 6.45) is 2.84. The highest BCUT2D eigenvalue weighted by molar-refractivity contribution is 5.77. The summed E-state index contributed by atoms with van der Waals surface area (Å²) < 4.78 is 10.1. The fourth-order valence-corrected chi connectivity index (χ4v) is 2.18. The van der Waals surface area contributed by atoms with Gasteiger partial charge in [-0.3, -0.25) is 4.79 Å². The molecule has 0 spiro atoms. The number of carboxylic acid groups (broad SMARTS) is 1. The maximum absolute atomic E-state index is 11.9. The summed E-state index contributed by atoms with van der Waals surface area (Å²) in [6.45, 7) is 1.75. The number of methoxy groups -OCH3 is 1. The molecule has 0 radical (unpaired) electrons. The quantitative estimate of drug-likeness (QED) is 0.637. The fraction of sp³-hybridized carbons (Fsp3) is 0.846. The van der Waals surface area contributed by atoms with E-state index in [1.165, 1.54) is 4.90 Å². The lowest BCUT2D eigenvalue weighted by atomic mass is 10.0. The summed E-state index contributed by atoms with van der Waals surface area (Å²) >= 11 is 0. The molecular formula is C13H24N2O5. The van der Waals surface area contributed by atoms with Gasteiger partial charge in [0.1, 0.15) is 5.92 Å². The van der Waals surface area contributed by atoms with Crippen LogP contribution in [0.4, 0.5) is 4.79 Å². The molecule has 1 aliphatic rings. The summed E-state index contributed by atoms with van der Waals surface area (Å²) in [4.78, 5) is 24.4. The van der Waals surface area contributed by atoms with Gasteiger partial charge in [0.05, 0.1) is 19.3 Å². The molecule has 0 aromatic rings. The molecule has 0 aliphatic carbocycles. The first-order chi connectivity index (χ1) is 9.57. The number of urea groups is 1. The summed E-state index contributed by atoms with van der Waals surface area (Å²) in [5, 5.41) is 11.9. The number of carbonyl (C=O) groups is 2. The SMILES string of the molecule is COCCCCCNC(=O)N(C)C1COCC1C(=O)O. The lowest BCUT2D eigenvalue weighted by Crippen LogP contribution is -2.48. The average Bonchev–Trinajstić information content (AvgIpc) is 2.91. The maximum atomic E-state index is 11.9. The summed E-state index contributed by atoms with van der Waals surface area (Å²) in [6, 6.07) is -0.653. The number of hydrogen-bond donors (Lipinski definition) is 2. The van der Waals surface area contributed by atoms with Gasteiger partial charge >= 0.3 is 12.0 Å². The predicted molar refractivity (Wildman–Crippen MR) is 72.6 cm³/mol. The molecule has 20 heavy (non-hydrogen) atoms. The largest absolute Gasteiger partial charge is 0.481 e. The number of hydrogen-bond acceptors (Lipinski definition) is 4. The number of likely N-dealkylation sites (N-methyl/N-ethyl adjacent to an activating group) is 1. The van der Waals surface area contributed by atoms with E-state index in [1.54, 1.807) is 14.2 Å². The van der Waals surface area contributed by atoms with Gasteiger partial charge in [0.25, 0.3) is 0 Å². The molecule has 7 nitrogen and oxygen atoms in total. The molecule has 1 heterocycles. The number of unbranched alkanes of at least 4 members (excludes halogenated alkanes) is 2. The van der Waals surface area contributed by atoms with Crippen molar-refractivity contribution in [2.45, 2.75) is 25.3 Å². The van der Waals surface area contributed by atoms with Crippen molar-refractivity contribution in [3.63, 3.8) is 0 Å². The minimum absolute atomic E-state index is 0.161. The molecule has 0 saturated carbocycles. The van der Waals surface area contributed by atoms with Crippen LogP contribution >= 0.6 is 0 Å². The summed E-state index contributed by atoms with van der Waals surface area (Å²) in [5.74, 6) is -1.57. The van der Waals surface area contributed by atoms with E-state index >= 15 is 0 Å². The zero-order chi connectivity index (χ0) is 15.0. The number of ether oxygens (including phenoxy) is 2. The smallest absolute Gasteiger partial charge is 0.317 e. The third-order valence-corrected chi connectivity index (χ3v) is 3.49. The van der Waals surface area contributed by atoms with E-state index in [9.17, 15) is 9.59 Å². The van der Waals surface area contributed by atoms with E-state index in [0.29, 0.717) is 6.54 Å². The van der Waals surface area contributed by atoms with Crippen molar-refractivity contribution >= 4 is 12.0 Å². The standard InChI is InChI=1S/C13H24N2O5/c1-15(11-9-20-8-10(11)12(16)17)13(18)14-6-4-3-5-7-19-2/h10-11H,3-9H2,1-2H3,(H,14,18)(H,16,17). The number of aliphatic carboxylic acids is 1. The van der Waals surface area contributed by atoms with Crippen molar-refractivity contribution in [3.05, 3.63) is 0 Å². The number of amides is 2. The molecule has 0 bridgehead atoms. The van der Waals surface area contributed by atoms with Crippen LogP contribution in [0.5, 0.6) is 0 Å². The third-order valence-electron chi connectivity index (χ3n) is 3.49. The van der Waals surface area contributed by atoms with E-state index in [2.05, 4.69) is 5.32 Å². The molecule has 2 amide bonds. The lowest BCUT2D eigenvalue weighted by Gasteiger charge is -2.26. The van der Waals surface area contributed by atoms with Crippen LogP contribution in [0.1, 0.15) is 19.3 Å². The van der Waals surface area contributed by atoms with Gasteiger partial charge in [-0.2, -0.15) is 0 Å². The van der Waals surface area contributed by atoms with Gasteiger partial charge in [0.15, 0.2) is 0 Å². The Morgan fingerprint density at radius 3 is 2.75 bits per heavy atom. The Morgan fingerprint density at radius 2 is 2.10 bits per heavy atom. The number of nitrogens with zero attached hydrogens (tertiary/aromatic N) is 1. The Labute approximate surface area is 119 Å². The van der Waals surface area contributed by atoms with Gasteiger partial charge in [-0.15, -0.1) is 0 Å². The maximum Gasteiger partial charge on any atom is 0.317 e. The van der Waals surface area contributed by atoms with Crippen LogP contribution in [0.3, 0.4) is 0 Å². The number of carboxylic acids is 1. The minimum Gasteiger partial charge on any atom is -0.481 e. The van der Waals surface area contributed by atoms with Crippen molar-refractivity contribution in [2.24, 2.45) is 5.92 Å². The fourth-order valence-electron chi connectivity index (χ4n) is 2.18. The van der Waals surface area contributed by atoms with E-state index in [-0.39, 0.29) is 19.2 Å². The van der Waals surface area contributed by atoms with E-state index in [1.807, 2.05) is 0 Å². The van der Waals surface area contributed by atoms with Crippen molar-refractivity contribution in [1.82, 2.24) is 10.2 Å². The van der Waals surface area contributed by atoms with Crippen LogP contribution in [0.25, 0.3) is 0 Å². The van der Waals surface area contributed by atoms with Crippen molar-refractivity contribution in [2.75, 3.05) is 40.5 Å². The van der Waals surface area contributed by atoms with E-state index in [0.717, 1.165) is 25.9 Å². The van der Waals surface area contributed by atoms with Crippen LogP contribution in [0, 0.1) is 5.92 Å². The zero-order valence-corrected chi connectivity index (χ0v) is 12.1. The Morgan fingerprint density at radius 1 is 1.35 bits per heavy atom. The van der Waals surface area contributed by atoms with Gasteiger partial charge in [-0.25, -0.2) is 4.79 Å². The molecule has 7 heteroatoms. The van der Waals surface area contributed by atoms with Crippen LogP contribution in [0.15, 0.2) is 0 Å². The van der Waals surface area contributed by atoms with Gasteiger partial charge in [-0.05, 0) is 19.3 Å². The highest BCUT2D eigenvalue weighted by Crippen LogP contribution is 2.18. The molecule has 0 aromatic carbocycles. The van der Waals surface area contributed by atoms with Gasteiger partial charge in [0, 0.05) is 27.3 Å². The Kier molecular flexibility index (Phi) is 7.32. The monoisotopic (exact) mass is 288 g/mol. The molecule has 2 unspecified atom stereocenters. The molecule has 1 saturated heterocycles. The molecular weight excluding hydrogens is 264 g/mol. The first-order valence-corrected chi connectivity index (χ1v) is 6.88. The number of rotatable bonds is 8. The highest BCUT2D eigenvalue weighted by atomic mass is 16.5. The minimum atomic E-state index is -0.924. The second kappa shape index (κ2) is 8.76. The summed E-state index contributed by atoms with van der Waals surface area (Å²) in [7, 11) is 3.27. The molecule has 0 aromatic heterocycles. The Hall–Kier alpha value is -1.34. The third kappa shape index (κ3) is 4.97. The molecule has 1 rings (SSSR count). The van der Waals surface area contributed by atoms with E-state index in [4.69, 9.17) is 14.6 Å². The molecule has 1 aliphatic heterocycles. The van der Waals surface area contributed by atoms with Crippen LogP contribution in [-0.4, -0.2) is 68.6 Å². The first kappa shape index (κ1) is 16.7. The Bertz CT molecular complexity index is 324. The van der Waals surface area contributed by atoms with E-state index < -0.39 is 17.9 Å². The average molecular weight is 288 g/mol. The molecule has 116 valence electrons. The highest BCUT2D eigenvalue weighted by Gasteiger charge is 2.38. The first-order valence-electron chi connectivity index (χ1n) is 6.88. The molecule has 1 fully saturated rings. The molecule has 2 atom stereocenters. The van der Waals surface area contributed by atoms with Gasteiger partial charge < -0.3 is 24.8 Å². The van der Waals surface area contributed by atoms with Crippen molar-refractivity contribution < 1.29 is 24.2 Å². The predicted octanol–water partition coefficient (Wildman–Crippen LogP) is 0.544. The number of carbonyl (C=O) groups excluding carboxylic acids is 1. The number of nitrogens with one attached hydrogen (secondary N) is 1. The second-order valence-electron chi connectivity index (χ2n) is 4.95. The Balaban J connectivity index is 2.26.